The fraction of sp³-hybridized carbons (Fsp3) is 0. The van der Waals surface area contributed by atoms with Gasteiger partial charge in [0.15, 0.2) is 0 Å². The number of hydrogen-bond donors (Lipinski definition) is 2. The van der Waals surface area contributed by atoms with E-state index in [9.17, 15) is 0 Å². The highest BCUT2D eigenvalue weighted by Crippen LogP contribution is 2.11. The van der Waals surface area contributed by atoms with Gasteiger partial charge < -0.3 is 9.79 Å². The van der Waals surface area contributed by atoms with Crippen LogP contribution >= 0.6 is 29.0 Å². The van der Waals surface area contributed by atoms with E-state index in [-0.39, 0.29) is 17.6 Å². The second-order valence-corrected chi connectivity index (χ2v) is 3.69. The molecule has 0 bridgehead atoms. The van der Waals surface area contributed by atoms with Crippen LogP contribution in [0.3, 0.4) is 0 Å². The molecule has 0 aliphatic heterocycles. The Morgan fingerprint density at radius 3 is 1.89 bits per heavy atom. The van der Waals surface area contributed by atoms with Crippen molar-refractivity contribution < 1.29 is 9.79 Å². The number of rotatable bonds is 2. The van der Waals surface area contributed by atoms with Gasteiger partial charge in [0.25, 0.3) is 0 Å². The summed E-state index contributed by atoms with van der Waals surface area (Å²) in [6.07, 6.45) is 0. The molecule has 0 saturated carbocycles. The summed E-state index contributed by atoms with van der Waals surface area (Å²) in [5.41, 5.74) is 0. The smallest absolute Gasteiger partial charge is 0.0435 e. The van der Waals surface area contributed by atoms with E-state index in [1.807, 2.05) is 10.8 Å². The van der Waals surface area contributed by atoms with Crippen molar-refractivity contribution in [3.05, 3.63) is 10.8 Å². The van der Waals surface area contributed by atoms with Crippen molar-refractivity contribution in [2.45, 2.75) is 0 Å². The van der Waals surface area contributed by atoms with Crippen molar-refractivity contribution in [3.8, 4) is 0 Å². The van der Waals surface area contributed by atoms with Gasteiger partial charge in [-0.05, 0) is 0 Å². The molecule has 2 unspecified atom stereocenters. The normalized spacial score (nSPS) is 12.7. The first-order valence-electron chi connectivity index (χ1n) is 2.25. The zero-order valence-electron chi connectivity index (χ0n) is 4.46. The Labute approximate surface area is 60.7 Å². The van der Waals surface area contributed by atoms with E-state index >= 15 is 0 Å². The molecule has 1 heterocycles. The zero-order chi connectivity index (χ0) is 6.69. The zero-order valence-corrected chi connectivity index (χ0v) is 7.27. The molecule has 0 amide bonds. The van der Waals surface area contributed by atoms with Crippen molar-refractivity contribution in [2.24, 2.45) is 0 Å². The first kappa shape index (κ1) is 7.59. The van der Waals surface area contributed by atoms with Gasteiger partial charge in [0.05, 0.1) is 0 Å². The van der Waals surface area contributed by atoms with Crippen molar-refractivity contribution >= 4 is 39.6 Å². The molecular formula is C4H6O2P2S. The predicted octanol–water partition coefficient (Wildman–Crippen LogP) is 0.170. The lowest BCUT2D eigenvalue weighted by atomic mass is 10.7. The average molecular weight is 180 g/mol. The molecule has 0 aliphatic rings. The Kier molecular flexibility index (Phi) is 3.03. The van der Waals surface area contributed by atoms with E-state index in [2.05, 4.69) is 0 Å². The van der Waals surface area contributed by atoms with Crippen LogP contribution in [0, 0.1) is 0 Å². The van der Waals surface area contributed by atoms with Gasteiger partial charge in [-0.25, -0.2) is 0 Å². The van der Waals surface area contributed by atoms with Crippen LogP contribution in [0.5, 0.6) is 0 Å². The highest BCUT2D eigenvalue weighted by atomic mass is 32.1. The standard InChI is InChI=1S/C4H6O2P2S/c5-7-3-1-9-2-4(3)8-6/h1-2,5-8H. The second-order valence-electron chi connectivity index (χ2n) is 1.42. The molecule has 2 nitrogen and oxygen atoms in total. The molecule has 1 aromatic heterocycles. The Balaban J connectivity index is 2.85. The molecule has 1 aromatic rings. The highest BCUT2D eigenvalue weighted by Gasteiger charge is 1.99. The van der Waals surface area contributed by atoms with E-state index in [1.54, 1.807) is 0 Å². The van der Waals surface area contributed by atoms with E-state index in [1.165, 1.54) is 11.3 Å². The quantitative estimate of drug-likeness (QED) is 0.637. The first-order valence-corrected chi connectivity index (χ1v) is 5.08. The van der Waals surface area contributed by atoms with Gasteiger partial charge in [-0.2, -0.15) is 11.3 Å². The van der Waals surface area contributed by atoms with Crippen molar-refractivity contribution in [1.29, 1.82) is 0 Å². The predicted molar refractivity (Wildman–Crippen MR) is 44.7 cm³/mol. The maximum absolute atomic E-state index is 8.67. The summed E-state index contributed by atoms with van der Waals surface area (Å²) < 4.78 is 0. The SMILES string of the molecule is OPc1cscc1PO. The Morgan fingerprint density at radius 1 is 1.11 bits per heavy atom. The van der Waals surface area contributed by atoms with E-state index in [0.29, 0.717) is 0 Å². The fourth-order valence-corrected chi connectivity index (χ4v) is 2.82. The molecule has 2 N–H and O–H groups in total. The average Bonchev–Trinajstić information content (AvgIpc) is 2.33. The van der Waals surface area contributed by atoms with E-state index < -0.39 is 0 Å². The minimum absolute atomic E-state index is 0.183. The molecule has 1 rings (SSSR count). The lowest BCUT2D eigenvalue weighted by Crippen LogP contribution is -2.08. The third-order valence-electron chi connectivity index (χ3n) is 0.903. The largest absolute Gasteiger partial charge is 0.372 e. The van der Waals surface area contributed by atoms with Crippen LogP contribution in [0.2, 0.25) is 0 Å². The van der Waals surface area contributed by atoms with Crippen molar-refractivity contribution in [3.63, 3.8) is 0 Å². The van der Waals surface area contributed by atoms with E-state index in [4.69, 9.17) is 9.79 Å². The van der Waals surface area contributed by atoms with Crippen LogP contribution in [0.4, 0.5) is 0 Å². The summed E-state index contributed by atoms with van der Waals surface area (Å²) in [4.78, 5) is 17.3. The molecule has 5 heteroatoms. The topological polar surface area (TPSA) is 40.5 Å². The fourth-order valence-electron chi connectivity index (χ4n) is 0.470. The number of hydrogen-bond acceptors (Lipinski definition) is 3. The summed E-state index contributed by atoms with van der Waals surface area (Å²) in [5, 5.41) is 5.47. The summed E-state index contributed by atoms with van der Waals surface area (Å²) in [6.45, 7) is 0. The third-order valence-corrected chi connectivity index (χ3v) is 3.62. The van der Waals surface area contributed by atoms with Gasteiger partial charge in [-0.15, -0.1) is 0 Å². The minimum atomic E-state index is -0.183. The molecule has 0 radical (unpaired) electrons. The molecule has 0 spiro atoms. The van der Waals surface area contributed by atoms with Gasteiger partial charge in [0, 0.05) is 39.0 Å². The minimum Gasteiger partial charge on any atom is -0.372 e. The third kappa shape index (κ3) is 1.70. The highest BCUT2D eigenvalue weighted by molar-refractivity contribution is 7.50. The molecule has 0 aromatic carbocycles. The second kappa shape index (κ2) is 3.60. The van der Waals surface area contributed by atoms with Gasteiger partial charge in [0.2, 0.25) is 0 Å². The Morgan fingerprint density at radius 2 is 1.56 bits per heavy atom. The summed E-state index contributed by atoms with van der Waals surface area (Å²) in [6, 6.07) is 0. The van der Waals surface area contributed by atoms with Crippen LogP contribution in [0.15, 0.2) is 10.8 Å². The molecule has 9 heavy (non-hydrogen) atoms. The van der Waals surface area contributed by atoms with Crippen LogP contribution in [0.25, 0.3) is 0 Å². The summed E-state index contributed by atoms with van der Waals surface area (Å²) >= 11 is 1.51. The van der Waals surface area contributed by atoms with Crippen molar-refractivity contribution in [1.82, 2.24) is 0 Å². The van der Waals surface area contributed by atoms with Crippen LogP contribution in [0.1, 0.15) is 0 Å². The molecule has 0 fully saturated rings. The summed E-state index contributed by atoms with van der Waals surface area (Å²) in [7, 11) is -0.365. The van der Waals surface area contributed by atoms with Gasteiger partial charge in [0.1, 0.15) is 0 Å². The first-order chi connectivity index (χ1) is 4.38. The molecular weight excluding hydrogens is 174 g/mol. The maximum Gasteiger partial charge on any atom is 0.0435 e. The monoisotopic (exact) mass is 180 g/mol. The van der Waals surface area contributed by atoms with E-state index in [0.717, 1.165) is 10.6 Å². The molecule has 0 saturated heterocycles. The van der Waals surface area contributed by atoms with Gasteiger partial charge in [-0.1, -0.05) is 0 Å². The van der Waals surface area contributed by atoms with Crippen LogP contribution in [-0.2, 0) is 0 Å². The maximum atomic E-state index is 8.67. The van der Waals surface area contributed by atoms with Crippen LogP contribution < -0.4 is 10.6 Å². The van der Waals surface area contributed by atoms with Crippen LogP contribution in [-0.4, -0.2) is 9.79 Å². The lowest BCUT2D eigenvalue weighted by molar-refractivity contribution is 0.652. The number of thiophene rings is 1. The molecule has 50 valence electrons. The van der Waals surface area contributed by atoms with Crippen molar-refractivity contribution in [2.75, 3.05) is 0 Å². The molecule has 0 aliphatic carbocycles. The van der Waals surface area contributed by atoms with Gasteiger partial charge in [-0.3, -0.25) is 0 Å². The lowest BCUT2D eigenvalue weighted by Gasteiger charge is -1.91. The summed E-state index contributed by atoms with van der Waals surface area (Å²) in [5.74, 6) is 0. The molecule has 2 atom stereocenters. The Bertz CT molecular complexity index is 170. The Hall–Kier alpha value is 0.480. The van der Waals surface area contributed by atoms with Gasteiger partial charge >= 0.3 is 0 Å².